The van der Waals surface area contributed by atoms with Crippen LogP contribution in [0, 0.1) is 0 Å². The number of benzene rings is 1. The Kier molecular flexibility index (Phi) is 2.39. The average molecular weight is 205 g/mol. The smallest absolute Gasteiger partial charge is 0.338 e. The minimum atomic E-state index is -0.378. The van der Waals surface area contributed by atoms with Gasteiger partial charge in [-0.25, -0.2) is 4.79 Å². The first kappa shape index (κ1) is 9.67. The lowest BCUT2D eigenvalue weighted by atomic mass is 10.1. The molecule has 0 fully saturated rings. The second-order valence-corrected chi connectivity index (χ2v) is 3.10. The Morgan fingerprint density at radius 1 is 1.60 bits per heavy atom. The number of carbonyl (C=O) groups excluding carboxylic acids is 1. The highest BCUT2D eigenvalue weighted by atomic mass is 16.5. The number of hydrogen-bond donors (Lipinski definition) is 2. The topological polar surface area (TPSA) is 81.0 Å². The standard InChI is InChI=1S/C10H11N3O2/c1-15-10(14)6-3-2-4-7-9(6)8(5-11)13-12-7/h2-4H,5,11H2,1H3,(H,12,13). The van der Waals surface area contributed by atoms with Gasteiger partial charge in [0, 0.05) is 11.9 Å². The number of ether oxygens (including phenoxy) is 1. The monoisotopic (exact) mass is 205 g/mol. The van der Waals surface area contributed by atoms with Crippen molar-refractivity contribution < 1.29 is 9.53 Å². The lowest BCUT2D eigenvalue weighted by molar-refractivity contribution is 0.0603. The van der Waals surface area contributed by atoms with Crippen molar-refractivity contribution in [1.82, 2.24) is 10.2 Å². The molecule has 0 saturated carbocycles. The van der Waals surface area contributed by atoms with Gasteiger partial charge in [-0.1, -0.05) is 6.07 Å². The van der Waals surface area contributed by atoms with E-state index in [1.54, 1.807) is 12.1 Å². The van der Waals surface area contributed by atoms with Gasteiger partial charge in [-0.2, -0.15) is 5.10 Å². The molecule has 0 aliphatic carbocycles. The molecule has 0 amide bonds. The second kappa shape index (κ2) is 3.70. The number of fused-ring (bicyclic) bond motifs is 1. The first-order chi connectivity index (χ1) is 7.27. The van der Waals surface area contributed by atoms with Crippen LogP contribution in [0.15, 0.2) is 18.2 Å². The molecule has 3 N–H and O–H groups in total. The largest absolute Gasteiger partial charge is 0.465 e. The van der Waals surface area contributed by atoms with Crippen LogP contribution >= 0.6 is 0 Å². The van der Waals surface area contributed by atoms with Gasteiger partial charge in [0.15, 0.2) is 0 Å². The normalized spacial score (nSPS) is 10.5. The Labute approximate surface area is 86.2 Å². The number of hydrogen-bond acceptors (Lipinski definition) is 4. The van der Waals surface area contributed by atoms with E-state index in [9.17, 15) is 4.79 Å². The van der Waals surface area contributed by atoms with Crippen LogP contribution in [0.25, 0.3) is 10.9 Å². The van der Waals surface area contributed by atoms with Gasteiger partial charge in [-0.05, 0) is 12.1 Å². The molecule has 0 aliphatic heterocycles. The van der Waals surface area contributed by atoms with Crippen molar-refractivity contribution >= 4 is 16.9 Å². The van der Waals surface area contributed by atoms with Gasteiger partial charge in [0.25, 0.3) is 0 Å². The van der Waals surface area contributed by atoms with E-state index in [0.717, 1.165) is 16.6 Å². The molecule has 0 saturated heterocycles. The molecule has 2 aromatic rings. The molecule has 0 aliphatic rings. The van der Waals surface area contributed by atoms with Crippen LogP contribution in [0.5, 0.6) is 0 Å². The Morgan fingerprint density at radius 3 is 3.07 bits per heavy atom. The minimum Gasteiger partial charge on any atom is -0.465 e. The predicted molar refractivity (Wildman–Crippen MR) is 55.3 cm³/mol. The van der Waals surface area contributed by atoms with Gasteiger partial charge in [0.2, 0.25) is 0 Å². The van der Waals surface area contributed by atoms with Crippen molar-refractivity contribution in [2.45, 2.75) is 6.54 Å². The number of H-pyrrole nitrogens is 1. The molecule has 5 heteroatoms. The summed E-state index contributed by atoms with van der Waals surface area (Å²) in [6, 6.07) is 5.27. The SMILES string of the molecule is COC(=O)c1cccc2n[nH]c(CN)c12. The highest BCUT2D eigenvalue weighted by Gasteiger charge is 2.14. The van der Waals surface area contributed by atoms with Crippen molar-refractivity contribution in [3.05, 3.63) is 29.5 Å². The van der Waals surface area contributed by atoms with Crippen LogP contribution in [0.4, 0.5) is 0 Å². The summed E-state index contributed by atoms with van der Waals surface area (Å²) in [5.74, 6) is -0.378. The summed E-state index contributed by atoms with van der Waals surface area (Å²) in [5.41, 5.74) is 7.50. The van der Waals surface area contributed by atoms with E-state index >= 15 is 0 Å². The van der Waals surface area contributed by atoms with E-state index in [0.29, 0.717) is 12.1 Å². The van der Waals surface area contributed by atoms with E-state index < -0.39 is 0 Å². The molecule has 5 nitrogen and oxygen atoms in total. The van der Waals surface area contributed by atoms with Gasteiger partial charge in [0.1, 0.15) is 0 Å². The van der Waals surface area contributed by atoms with Gasteiger partial charge >= 0.3 is 5.97 Å². The zero-order chi connectivity index (χ0) is 10.8. The van der Waals surface area contributed by atoms with E-state index in [4.69, 9.17) is 10.5 Å². The second-order valence-electron chi connectivity index (χ2n) is 3.10. The fourth-order valence-electron chi connectivity index (χ4n) is 1.56. The summed E-state index contributed by atoms with van der Waals surface area (Å²) in [5, 5.41) is 7.60. The van der Waals surface area contributed by atoms with Crippen LogP contribution < -0.4 is 5.73 Å². The van der Waals surface area contributed by atoms with Crippen molar-refractivity contribution in [2.75, 3.05) is 7.11 Å². The molecule has 0 unspecified atom stereocenters. The predicted octanol–water partition coefficient (Wildman–Crippen LogP) is 0.808. The summed E-state index contributed by atoms with van der Waals surface area (Å²) in [7, 11) is 1.35. The number of carbonyl (C=O) groups is 1. The van der Waals surface area contributed by atoms with Crippen LogP contribution in [0.1, 0.15) is 16.1 Å². The maximum Gasteiger partial charge on any atom is 0.338 e. The average Bonchev–Trinajstić information content (AvgIpc) is 2.70. The van der Waals surface area contributed by atoms with Crippen LogP contribution in [0.2, 0.25) is 0 Å². The summed E-state index contributed by atoms with van der Waals surface area (Å²) < 4.78 is 4.69. The number of rotatable bonds is 2. The zero-order valence-corrected chi connectivity index (χ0v) is 8.28. The zero-order valence-electron chi connectivity index (χ0n) is 8.28. The van der Waals surface area contributed by atoms with E-state index in [1.807, 2.05) is 6.07 Å². The molecule has 1 aromatic carbocycles. The summed E-state index contributed by atoms with van der Waals surface area (Å²) in [6.45, 7) is 0.310. The van der Waals surface area contributed by atoms with Gasteiger partial charge < -0.3 is 10.5 Å². The van der Waals surface area contributed by atoms with Gasteiger partial charge in [-0.15, -0.1) is 0 Å². The maximum absolute atomic E-state index is 11.5. The molecule has 0 radical (unpaired) electrons. The third-order valence-electron chi connectivity index (χ3n) is 2.26. The first-order valence-electron chi connectivity index (χ1n) is 4.52. The third kappa shape index (κ3) is 1.46. The first-order valence-corrected chi connectivity index (χ1v) is 4.52. The Hall–Kier alpha value is -1.88. The Balaban J connectivity index is 2.72. The number of nitrogens with one attached hydrogen (secondary N) is 1. The summed E-state index contributed by atoms with van der Waals surface area (Å²) >= 11 is 0. The fourth-order valence-corrected chi connectivity index (χ4v) is 1.56. The molecule has 1 aromatic heterocycles. The van der Waals surface area contributed by atoms with Crippen molar-refractivity contribution in [2.24, 2.45) is 5.73 Å². The Morgan fingerprint density at radius 2 is 2.40 bits per heavy atom. The number of esters is 1. The number of nitrogens with two attached hydrogens (primary N) is 1. The molecule has 2 rings (SSSR count). The number of aromatic amines is 1. The third-order valence-corrected chi connectivity index (χ3v) is 2.26. The van der Waals surface area contributed by atoms with Crippen molar-refractivity contribution in [3.63, 3.8) is 0 Å². The molecule has 0 atom stereocenters. The fraction of sp³-hybridized carbons (Fsp3) is 0.200. The summed E-state index contributed by atoms with van der Waals surface area (Å²) in [6.07, 6.45) is 0. The van der Waals surface area contributed by atoms with Crippen LogP contribution in [0.3, 0.4) is 0 Å². The van der Waals surface area contributed by atoms with Crippen LogP contribution in [-0.2, 0) is 11.3 Å². The molecule has 15 heavy (non-hydrogen) atoms. The quantitative estimate of drug-likeness (QED) is 0.711. The van der Waals surface area contributed by atoms with E-state index in [1.165, 1.54) is 7.11 Å². The molecule has 1 heterocycles. The maximum atomic E-state index is 11.5. The van der Waals surface area contributed by atoms with Gasteiger partial charge in [-0.3, -0.25) is 5.10 Å². The minimum absolute atomic E-state index is 0.310. The highest BCUT2D eigenvalue weighted by Crippen LogP contribution is 2.20. The molecule has 78 valence electrons. The lowest BCUT2D eigenvalue weighted by Gasteiger charge is -2.01. The Bertz CT molecular complexity index is 504. The van der Waals surface area contributed by atoms with E-state index in [2.05, 4.69) is 10.2 Å². The number of aromatic nitrogens is 2. The van der Waals surface area contributed by atoms with E-state index in [-0.39, 0.29) is 5.97 Å². The summed E-state index contributed by atoms with van der Waals surface area (Å²) in [4.78, 5) is 11.5. The molecule has 0 bridgehead atoms. The molecular formula is C10H11N3O2. The van der Waals surface area contributed by atoms with Crippen molar-refractivity contribution in [3.8, 4) is 0 Å². The lowest BCUT2D eigenvalue weighted by Crippen LogP contribution is -2.04. The number of methoxy groups -OCH3 is 1. The number of nitrogens with zero attached hydrogens (tertiary/aromatic N) is 1. The van der Waals surface area contributed by atoms with Gasteiger partial charge in [0.05, 0.1) is 23.9 Å². The van der Waals surface area contributed by atoms with Crippen LogP contribution in [-0.4, -0.2) is 23.3 Å². The highest BCUT2D eigenvalue weighted by molar-refractivity contribution is 6.04. The van der Waals surface area contributed by atoms with Crippen molar-refractivity contribution in [1.29, 1.82) is 0 Å². The molecular weight excluding hydrogens is 194 g/mol. The molecule has 0 spiro atoms.